The molecule has 4 amide bonds. The first kappa shape index (κ1) is 32.9. The quantitative estimate of drug-likeness (QED) is 0.0436. The molecule has 22 heteroatoms. The van der Waals surface area contributed by atoms with Crippen LogP contribution in [0.3, 0.4) is 0 Å². The van der Waals surface area contributed by atoms with Crippen molar-refractivity contribution in [2.24, 2.45) is 5.16 Å². The molecule has 2 fully saturated rings. The van der Waals surface area contributed by atoms with Crippen molar-refractivity contribution in [1.29, 1.82) is 0 Å². The van der Waals surface area contributed by atoms with Gasteiger partial charge in [0.2, 0.25) is 11.0 Å². The summed E-state index contributed by atoms with van der Waals surface area (Å²) < 4.78 is 33.7. The monoisotopic (exact) mass is 672 g/mol. The molecule has 1 saturated carbocycles. The Kier molecular flexibility index (Phi) is 9.48. The predicted molar refractivity (Wildman–Crippen MR) is 152 cm³/mol. The van der Waals surface area contributed by atoms with E-state index in [4.69, 9.17) is 10.6 Å². The molecule has 9 N–H and O–H groups in total. The zero-order valence-corrected chi connectivity index (χ0v) is 24.7. The van der Waals surface area contributed by atoms with Crippen molar-refractivity contribution in [2.45, 2.75) is 56.3 Å². The lowest BCUT2D eigenvalue weighted by molar-refractivity contribution is -0.171. The van der Waals surface area contributed by atoms with Gasteiger partial charge in [-0.2, -0.15) is 13.1 Å². The van der Waals surface area contributed by atoms with Gasteiger partial charge in [-0.3, -0.25) is 18.9 Å². The van der Waals surface area contributed by atoms with Crippen LogP contribution in [0.5, 0.6) is 5.75 Å². The molecule has 2 aliphatic rings. The normalized spacial score (nSPS) is 19.7. The van der Waals surface area contributed by atoms with E-state index >= 15 is 0 Å². The highest BCUT2D eigenvalue weighted by Gasteiger charge is 2.54. The smallest absolute Gasteiger partial charge is 0.362 e. The number of carbonyl (C=O) groups is 4. The molecule has 0 unspecified atom stereocenters. The number of carboxylic acid groups (broad SMARTS) is 1. The third-order valence-electron chi connectivity index (χ3n) is 7.04. The van der Waals surface area contributed by atoms with E-state index in [1.165, 1.54) is 5.38 Å². The van der Waals surface area contributed by atoms with E-state index in [0.29, 0.717) is 23.8 Å². The lowest BCUT2D eigenvalue weighted by Gasteiger charge is -2.44. The summed E-state index contributed by atoms with van der Waals surface area (Å²) in [5.41, 5.74) is 2.29. The number of anilines is 1. The van der Waals surface area contributed by atoms with Crippen molar-refractivity contribution >= 4 is 56.3 Å². The highest BCUT2D eigenvalue weighted by molar-refractivity contribution is 7.84. The van der Waals surface area contributed by atoms with Crippen molar-refractivity contribution < 1.29 is 52.4 Å². The highest BCUT2D eigenvalue weighted by atomic mass is 32.2. The molecular weight excluding hydrogens is 644 g/mol. The zero-order chi connectivity index (χ0) is 33.1. The molecule has 2 aromatic rings. The Morgan fingerprint density at radius 2 is 1.89 bits per heavy atom. The Bertz CT molecular complexity index is 1700. The van der Waals surface area contributed by atoms with Crippen LogP contribution in [0.1, 0.15) is 43.5 Å². The van der Waals surface area contributed by atoms with Gasteiger partial charge in [-0.05, 0) is 12.8 Å². The summed E-state index contributed by atoms with van der Waals surface area (Å²) in [6.07, 6.45) is 2.77. The fourth-order valence-electron chi connectivity index (χ4n) is 4.69. The number of oxime groups is 1. The summed E-state index contributed by atoms with van der Waals surface area (Å²) in [5.74, 6) is -4.43. The number of aromatic hydroxyl groups is 1. The van der Waals surface area contributed by atoms with Crippen LogP contribution in [0, 0.1) is 0 Å². The van der Waals surface area contributed by atoms with Crippen LogP contribution in [0.2, 0.25) is 0 Å². The minimum Gasteiger partial charge on any atom is -0.503 e. The van der Waals surface area contributed by atoms with Gasteiger partial charge in [0.05, 0.1) is 24.5 Å². The van der Waals surface area contributed by atoms with Crippen LogP contribution < -0.4 is 27.1 Å². The number of aliphatic carboxylic acids is 1. The average Bonchev–Trinajstić information content (AvgIpc) is 3.40. The zero-order valence-electron chi connectivity index (χ0n) is 23.1. The fraction of sp³-hybridized carbons (Fsp3) is 0.435. The average molecular weight is 673 g/mol. The van der Waals surface area contributed by atoms with Crippen LogP contribution in [0.25, 0.3) is 0 Å². The maximum atomic E-state index is 13.3. The predicted octanol–water partition coefficient (Wildman–Crippen LogP) is -1.66. The van der Waals surface area contributed by atoms with E-state index in [9.17, 15) is 52.4 Å². The maximum absolute atomic E-state index is 13.3. The number of urea groups is 1. The first-order chi connectivity index (χ1) is 21.1. The van der Waals surface area contributed by atoms with Gasteiger partial charge < -0.3 is 41.9 Å². The first-order valence-corrected chi connectivity index (χ1v) is 15.4. The Morgan fingerprint density at radius 3 is 2.49 bits per heavy atom. The van der Waals surface area contributed by atoms with E-state index < -0.39 is 81.8 Å². The van der Waals surface area contributed by atoms with Crippen molar-refractivity contribution in [3.8, 4) is 5.75 Å². The molecule has 244 valence electrons. The van der Waals surface area contributed by atoms with Gasteiger partial charge in [0.1, 0.15) is 11.7 Å². The van der Waals surface area contributed by atoms with Gasteiger partial charge in [-0.25, -0.2) is 18.9 Å². The number of nitrogens with one attached hydrogen (secondary N) is 3. The minimum atomic E-state index is -5.14. The van der Waals surface area contributed by atoms with E-state index in [1.54, 1.807) is 0 Å². The number of carbonyl (C=O) groups excluding carboxylic acids is 3. The first-order valence-electron chi connectivity index (χ1n) is 13.1. The highest BCUT2D eigenvalue weighted by Crippen LogP contribution is 2.32. The number of hydrogen-bond donors (Lipinski definition) is 8. The number of nitrogens with two attached hydrogens (primary N) is 1. The van der Waals surface area contributed by atoms with Gasteiger partial charge in [-0.1, -0.05) is 11.6 Å². The van der Waals surface area contributed by atoms with E-state index in [0.717, 1.165) is 23.8 Å². The number of amides is 4. The number of hydrogen-bond acceptors (Lipinski definition) is 14. The van der Waals surface area contributed by atoms with Crippen LogP contribution in [-0.4, -0.2) is 96.2 Å². The van der Waals surface area contributed by atoms with E-state index in [1.807, 2.05) is 0 Å². The molecule has 0 spiro atoms. The molecule has 4 rings (SSSR count). The number of thiazole rings is 1. The fourth-order valence-corrected chi connectivity index (χ4v) is 6.12. The minimum absolute atomic E-state index is 0.0203. The summed E-state index contributed by atoms with van der Waals surface area (Å²) in [6.45, 7) is -1.07. The molecule has 1 saturated heterocycles. The van der Waals surface area contributed by atoms with Crippen LogP contribution in [0.4, 0.5) is 9.93 Å². The SMILES string of the molecule is Nc1nc(C(=NOC2(C(=O)O)CCCCC2)C(=O)N[C@@H]2C(=O)N(S(=O)(=O)O)[C@H]2CNC(=O)NCc2cc(=O)c(O)cn2O)cs1. The van der Waals surface area contributed by atoms with Crippen molar-refractivity contribution in [2.75, 3.05) is 12.3 Å². The summed E-state index contributed by atoms with van der Waals surface area (Å²) in [6, 6.07) is -3.31. The molecule has 0 radical (unpaired) electrons. The number of carboxylic acids is 1. The second-order valence-electron chi connectivity index (χ2n) is 10.0. The number of aromatic nitrogens is 2. The summed E-state index contributed by atoms with van der Waals surface area (Å²) in [5, 5.41) is 40.7. The standard InChI is InChI=1S/C23H28N8O12S2/c24-21-27-12(10-44-21)16(29-43-23(20(36)37)4-2-1-3-5-23)18(34)28-17-13(31(19(17)35)45(40,41)42)8-26-22(38)25-7-11-6-14(32)15(33)9-30(11)39/h6,9-10,13,17,33,39H,1-5,7-8H2,(H2,24,27)(H,28,34)(H,36,37)(H2,25,26,38)(H,40,41,42)/t13-,17-/m0/s1. The van der Waals surface area contributed by atoms with Gasteiger partial charge in [0.15, 0.2) is 16.6 Å². The summed E-state index contributed by atoms with van der Waals surface area (Å²) >= 11 is 0.922. The van der Waals surface area contributed by atoms with Crippen LogP contribution >= 0.6 is 11.3 Å². The van der Waals surface area contributed by atoms with Crippen molar-refractivity contribution in [1.82, 2.24) is 30.0 Å². The number of rotatable bonds is 11. The largest absolute Gasteiger partial charge is 0.503 e. The Labute approximate surface area is 257 Å². The molecule has 1 aliphatic carbocycles. The second-order valence-corrected chi connectivity index (χ2v) is 12.2. The lowest BCUT2D eigenvalue weighted by atomic mass is 9.85. The van der Waals surface area contributed by atoms with E-state index in [2.05, 4.69) is 26.1 Å². The molecule has 3 heterocycles. The van der Waals surface area contributed by atoms with Gasteiger partial charge in [0.25, 0.3) is 11.8 Å². The molecule has 2 atom stereocenters. The van der Waals surface area contributed by atoms with Crippen molar-refractivity contribution in [3.05, 3.63) is 39.3 Å². The molecule has 0 aromatic carbocycles. The third kappa shape index (κ3) is 7.24. The Hall–Kier alpha value is -4.96. The molecule has 0 bridgehead atoms. The molecule has 45 heavy (non-hydrogen) atoms. The number of pyridine rings is 1. The number of nitrogens with zero attached hydrogens (tertiary/aromatic N) is 4. The van der Waals surface area contributed by atoms with E-state index in [-0.39, 0.29) is 33.7 Å². The van der Waals surface area contributed by atoms with Crippen molar-refractivity contribution in [3.63, 3.8) is 0 Å². The number of nitrogen functional groups attached to an aromatic ring is 1. The maximum Gasteiger partial charge on any atom is 0.362 e. The summed E-state index contributed by atoms with van der Waals surface area (Å²) in [7, 11) is -5.14. The van der Waals surface area contributed by atoms with Gasteiger partial charge in [-0.15, -0.1) is 11.3 Å². The third-order valence-corrected chi connectivity index (χ3v) is 8.66. The number of β-lactam (4-membered cyclic amide) rings is 1. The Morgan fingerprint density at radius 1 is 1.20 bits per heavy atom. The summed E-state index contributed by atoms with van der Waals surface area (Å²) in [4.78, 5) is 71.3. The molecular formula is C23H28N8O12S2. The van der Waals surface area contributed by atoms with Crippen LogP contribution in [0.15, 0.2) is 27.6 Å². The topological polar surface area (TPSA) is 305 Å². The molecule has 2 aromatic heterocycles. The lowest BCUT2D eigenvalue weighted by Crippen LogP contribution is -2.74. The Balaban J connectivity index is 1.49. The second kappa shape index (κ2) is 13.0. The van der Waals surface area contributed by atoms with Gasteiger partial charge in [0, 0.05) is 30.8 Å². The molecule has 1 aliphatic heterocycles. The van der Waals surface area contributed by atoms with Crippen LogP contribution in [-0.2, 0) is 36.1 Å². The van der Waals surface area contributed by atoms with Gasteiger partial charge >= 0.3 is 22.3 Å². The molecule has 20 nitrogen and oxygen atoms in total.